The first-order valence-corrected chi connectivity index (χ1v) is 12.2. The monoisotopic (exact) mass is 493 g/mol. The summed E-state index contributed by atoms with van der Waals surface area (Å²) in [6.45, 7) is 12.0. The van der Waals surface area contributed by atoms with Gasteiger partial charge in [0.25, 0.3) is 0 Å². The summed E-state index contributed by atoms with van der Waals surface area (Å²) in [5.74, 6) is -1.71. The minimum absolute atomic E-state index is 0.0523. The van der Waals surface area contributed by atoms with Crippen molar-refractivity contribution in [3.05, 3.63) is 71.7 Å². The van der Waals surface area contributed by atoms with E-state index in [1.165, 1.54) is 18.2 Å². The van der Waals surface area contributed by atoms with Crippen molar-refractivity contribution >= 4 is 17.2 Å². The number of benzene rings is 2. The molecule has 0 radical (unpaired) electrons. The van der Waals surface area contributed by atoms with E-state index in [9.17, 15) is 8.78 Å². The van der Waals surface area contributed by atoms with Gasteiger partial charge in [0.15, 0.2) is 0 Å². The number of aromatic nitrogens is 1. The third kappa shape index (κ3) is 4.41. The van der Waals surface area contributed by atoms with E-state index in [4.69, 9.17) is 5.73 Å². The summed E-state index contributed by atoms with van der Waals surface area (Å²) in [5.41, 5.74) is 9.67. The Hall–Kier alpha value is -3.52. The molecule has 1 aromatic heterocycles. The highest BCUT2D eigenvalue weighted by molar-refractivity contribution is 5.82. The molecule has 2 aliphatic rings. The summed E-state index contributed by atoms with van der Waals surface area (Å²) >= 11 is 0. The molecule has 2 aliphatic heterocycles. The number of anilines is 2. The Morgan fingerprint density at radius 2 is 1.67 bits per heavy atom. The first-order chi connectivity index (χ1) is 17.2. The standard InChI is InChI=1S/C28H30F3N5/c1-16(2)35-8-10-36(11-9-35)25-5-4-18(13-23(25)29)21-15-22(28(32)34-27(21)31)20-12-19-6-7-33-17(3)26(19)24(30)14-20/h4-5,12-16,33H,3,6-11H2,1-2H3,(H2,32,34). The van der Waals surface area contributed by atoms with Gasteiger partial charge in [-0.15, -0.1) is 0 Å². The van der Waals surface area contributed by atoms with Gasteiger partial charge in [-0.05, 0) is 61.2 Å². The van der Waals surface area contributed by atoms with Gasteiger partial charge in [-0.1, -0.05) is 18.7 Å². The van der Waals surface area contributed by atoms with Gasteiger partial charge < -0.3 is 16.0 Å². The van der Waals surface area contributed by atoms with Crippen LogP contribution in [0.25, 0.3) is 28.0 Å². The van der Waals surface area contributed by atoms with Crippen LogP contribution in [-0.4, -0.2) is 48.6 Å². The molecule has 0 atom stereocenters. The predicted octanol–water partition coefficient (Wildman–Crippen LogP) is 5.06. The average Bonchev–Trinajstić information content (AvgIpc) is 2.84. The molecule has 188 valence electrons. The van der Waals surface area contributed by atoms with Crippen molar-refractivity contribution in [1.29, 1.82) is 0 Å². The number of nitrogens with two attached hydrogens (primary N) is 1. The number of nitrogen functional groups attached to an aromatic ring is 1. The zero-order valence-electron chi connectivity index (χ0n) is 20.5. The molecule has 5 nitrogen and oxygen atoms in total. The molecule has 8 heteroatoms. The SMILES string of the molecule is C=C1NCCc2cc(-c3cc(-c4ccc(N5CCN(C(C)C)CC5)c(F)c4)c(F)nc3N)cc(F)c21. The second-order valence-corrected chi connectivity index (χ2v) is 9.69. The quantitative estimate of drug-likeness (QED) is 0.498. The summed E-state index contributed by atoms with van der Waals surface area (Å²) in [5, 5.41) is 3.07. The number of rotatable bonds is 4. The van der Waals surface area contributed by atoms with Crippen LogP contribution in [0.3, 0.4) is 0 Å². The molecule has 2 aromatic carbocycles. The van der Waals surface area contributed by atoms with E-state index in [1.807, 2.05) is 11.0 Å². The van der Waals surface area contributed by atoms with Crippen molar-refractivity contribution in [2.45, 2.75) is 26.3 Å². The van der Waals surface area contributed by atoms with Crippen LogP contribution in [0.4, 0.5) is 24.7 Å². The van der Waals surface area contributed by atoms with E-state index in [0.29, 0.717) is 52.6 Å². The topological polar surface area (TPSA) is 57.4 Å². The molecule has 1 fully saturated rings. The molecule has 0 saturated carbocycles. The molecular formula is C28H30F3N5. The van der Waals surface area contributed by atoms with E-state index in [2.05, 4.69) is 35.6 Å². The fourth-order valence-electron chi connectivity index (χ4n) is 5.14. The molecule has 36 heavy (non-hydrogen) atoms. The zero-order chi connectivity index (χ0) is 25.6. The smallest absolute Gasteiger partial charge is 0.222 e. The first-order valence-electron chi connectivity index (χ1n) is 12.2. The van der Waals surface area contributed by atoms with Gasteiger partial charge in [-0.25, -0.2) is 13.8 Å². The lowest BCUT2D eigenvalue weighted by Gasteiger charge is -2.38. The van der Waals surface area contributed by atoms with E-state index in [-0.39, 0.29) is 11.4 Å². The van der Waals surface area contributed by atoms with Crippen molar-refractivity contribution in [2.75, 3.05) is 43.4 Å². The Labute approximate surface area is 209 Å². The normalized spacial score (nSPS) is 16.3. The second kappa shape index (κ2) is 9.50. The van der Waals surface area contributed by atoms with Crippen molar-refractivity contribution in [2.24, 2.45) is 0 Å². The predicted molar refractivity (Wildman–Crippen MR) is 139 cm³/mol. The maximum atomic E-state index is 15.2. The summed E-state index contributed by atoms with van der Waals surface area (Å²) in [4.78, 5) is 8.24. The Balaban J connectivity index is 1.48. The Bertz CT molecular complexity index is 1330. The van der Waals surface area contributed by atoms with E-state index in [0.717, 1.165) is 31.7 Å². The number of hydrogen-bond donors (Lipinski definition) is 2. The number of hydrogen-bond acceptors (Lipinski definition) is 5. The molecule has 5 rings (SSSR count). The average molecular weight is 494 g/mol. The van der Waals surface area contributed by atoms with Crippen LogP contribution in [-0.2, 0) is 6.42 Å². The van der Waals surface area contributed by atoms with Crippen LogP contribution in [0.2, 0.25) is 0 Å². The van der Waals surface area contributed by atoms with Crippen LogP contribution >= 0.6 is 0 Å². The minimum atomic E-state index is -0.801. The molecule has 3 heterocycles. The fraction of sp³-hybridized carbons (Fsp3) is 0.321. The number of piperazine rings is 1. The maximum absolute atomic E-state index is 15.2. The van der Waals surface area contributed by atoms with E-state index in [1.54, 1.807) is 12.1 Å². The highest BCUT2D eigenvalue weighted by Gasteiger charge is 2.23. The number of halogens is 3. The van der Waals surface area contributed by atoms with Crippen molar-refractivity contribution in [3.8, 4) is 22.3 Å². The van der Waals surface area contributed by atoms with Crippen molar-refractivity contribution in [1.82, 2.24) is 15.2 Å². The molecule has 1 saturated heterocycles. The fourth-order valence-corrected chi connectivity index (χ4v) is 5.14. The Kier molecular flexibility index (Phi) is 6.38. The van der Waals surface area contributed by atoms with Gasteiger partial charge in [0.05, 0.1) is 5.69 Å². The molecule has 0 unspecified atom stereocenters. The Morgan fingerprint density at radius 1 is 0.944 bits per heavy atom. The van der Waals surface area contributed by atoms with Crippen LogP contribution in [0.1, 0.15) is 25.0 Å². The number of pyridine rings is 1. The lowest BCUT2D eigenvalue weighted by Crippen LogP contribution is -2.49. The van der Waals surface area contributed by atoms with E-state index >= 15 is 4.39 Å². The summed E-state index contributed by atoms with van der Waals surface area (Å²) in [6, 6.07) is 9.86. The van der Waals surface area contributed by atoms with Crippen molar-refractivity contribution < 1.29 is 13.2 Å². The van der Waals surface area contributed by atoms with Crippen molar-refractivity contribution in [3.63, 3.8) is 0 Å². The van der Waals surface area contributed by atoms with Gasteiger partial charge in [0.1, 0.15) is 17.5 Å². The highest BCUT2D eigenvalue weighted by Crippen LogP contribution is 2.36. The zero-order valence-corrected chi connectivity index (χ0v) is 20.5. The van der Waals surface area contributed by atoms with Crippen LogP contribution in [0, 0.1) is 17.6 Å². The van der Waals surface area contributed by atoms with Crippen LogP contribution in [0.5, 0.6) is 0 Å². The lowest BCUT2D eigenvalue weighted by molar-refractivity contribution is 0.209. The molecule has 0 amide bonds. The van der Waals surface area contributed by atoms with Crippen LogP contribution in [0.15, 0.2) is 43.0 Å². The summed E-state index contributed by atoms with van der Waals surface area (Å²) < 4.78 is 45.1. The summed E-state index contributed by atoms with van der Waals surface area (Å²) in [6.07, 6.45) is 0.624. The lowest BCUT2D eigenvalue weighted by atomic mass is 9.92. The third-order valence-electron chi connectivity index (χ3n) is 7.17. The summed E-state index contributed by atoms with van der Waals surface area (Å²) in [7, 11) is 0. The van der Waals surface area contributed by atoms with Gasteiger partial charge >= 0.3 is 0 Å². The maximum Gasteiger partial charge on any atom is 0.222 e. The minimum Gasteiger partial charge on any atom is -0.385 e. The largest absolute Gasteiger partial charge is 0.385 e. The molecule has 0 bridgehead atoms. The number of nitrogens with one attached hydrogen (secondary N) is 1. The van der Waals surface area contributed by atoms with Crippen LogP contribution < -0.4 is 16.0 Å². The molecular weight excluding hydrogens is 463 g/mol. The highest BCUT2D eigenvalue weighted by atomic mass is 19.1. The number of fused-ring (bicyclic) bond motifs is 1. The molecule has 3 aromatic rings. The molecule has 0 aliphatic carbocycles. The molecule has 0 spiro atoms. The van der Waals surface area contributed by atoms with Gasteiger partial charge in [0, 0.05) is 61.2 Å². The van der Waals surface area contributed by atoms with Gasteiger partial charge in [-0.2, -0.15) is 4.39 Å². The Morgan fingerprint density at radius 3 is 2.36 bits per heavy atom. The van der Waals surface area contributed by atoms with E-state index < -0.39 is 17.6 Å². The molecule has 3 N–H and O–H groups in total. The third-order valence-corrected chi connectivity index (χ3v) is 7.17. The van der Waals surface area contributed by atoms with Gasteiger partial charge in [-0.3, -0.25) is 4.90 Å². The second-order valence-electron chi connectivity index (χ2n) is 9.69. The first kappa shape index (κ1) is 24.2. The van der Waals surface area contributed by atoms with Gasteiger partial charge in [0.2, 0.25) is 5.95 Å². The number of nitrogens with zero attached hydrogens (tertiary/aromatic N) is 3.